The average molecular weight is 293 g/mol. The van der Waals surface area contributed by atoms with Gasteiger partial charge < -0.3 is 15.2 Å². The van der Waals surface area contributed by atoms with Gasteiger partial charge >= 0.3 is 5.97 Å². The zero-order chi connectivity index (χ0) is 15.5. The zero-order valence-corrected chi connectivity index (χ0v) is 13.2. The molecule has 0 spiro atoms. The smallest absolute Gasteiger partial charge is 0.338 e. The highest BCUT2D eigenvalue weighted by molar-refractivity contribution is 5.90. The standard InChI is InChI=1S/C17H27NO3/c1-3-5-6-7-8-12-20-16-13-14(9-10-15(16)18)17(19)21-11-4-2/h9-10,13H,3-8,11-12,18H2,1-2H3. The molecule has 0 aliphatic heterocycles. The first-order chi connectivity index (χ1) is 10.2. The van der Waals surface area contributed by atoms with Gasteiger partial charge in [-0.05, 0) is 31.0 Å². The summed E-state index contributed by atoms with van der Waals surface area (Å²) >= 11 is 0. The van der Waals surface area contributed by atoms with Crippen LogP contribution in [0.5, 0.6) is 5.75 Å². The van der Waals surface area contributed by atoms with Crippen molar-refractivity contribution in [3.8, 4) is 5.75 Å². The molecule has 0 aliphatic carbocycles. The second kappa shape index (κ2) is 10.1. The maximum Gasteiger partial charge on any atom is 0.338 e. The van der Waals surface area contributed by atoms with E-state index in [-0.39, 0.29) is 5.97 Å². The summed E-state index contributed by atoms with van der Waals surface area (Å²) in [6.45, 7) is 5.21. The van der Waals surface area contributed by atoms with Crippen LogP contribution < -0.4 is 10.5 Å². The molecule has 0 saturated carbocycles. The minimum absolute atomic E-state index is 0.329. The van der Waals surface area contributed by atoms with Crippen molar-refractivity contribution < 1.29 is 14.3 Å². The molecule has 0 bridgehead atoms. The number of nitrogens with two attached hydrogens (primary N) is 1. The number of hydrogen-bond acceptors (Lipinski definition) is 4. The summed E-state index contributed by atoms with van der Waals surface area (Å²) in [7, 11) is 0. The number of anilines is 1. The lowest BCUT2D eigenvalue weighted by Crippen LogP contribution is -2.07. The van der Waals surface area contributed by atoms with Gasteiger partial charge in [0.2, 0.25) is 0 Å². The van der Waals surface area contributed by atoms with Gasteiger partial charge in [-0.15, -0.1) is 0 Å². The summed E-state index contributed by atoms with van der Waals surface area (Å²) in [5.74, 6) is 0.237. The number of unbranched alkanes of at least 4 members (excludes halogenated alkanes) is 4. The SMILES string of the molecule is CCCCCCCOc1cc(C(=O)OCCC)ccc1N. The van der Waals surface area contributed by atoms with Crippen LogP contribution in [-0.2, 0) is 4.74 Å². The van der Waals surface area contributed by atoms with Crippen LogP contribution in [0.4, 0.5) is 5.69 Å². The lowest BCUT2D eigenvalue weighted by Gasteiger charge is -2.10. The van der Waals surface area contributed by atoms with Crippen molar-refractivity contribution in [3.63, 3.8) is 0 Å². The first-order valence-corrected chi connectivity index (χ1v) is 7.88. The van der Waals surface area contributed by atoms with Gasteiger partial charge in [-0.1, -0.05) is 39.5 Å². The van der Waals surface area contributed by atoms with Gasteiger partial charge in [-0.2, -0.15) is 0 Å². The third-order valence-electron chi connectivity index (χ3n) is 3.19. The molecule has 1 rings (SSSR count). The first kappa shape index (κ1) is 17.3. The third-order valence-corrected chi connectivity index (χ3v) is 3.19. The number of rotatable bonds is 10. The Morgan fingerprint density at radius 1 is 1.05 bits per heavy atom. The van der Waals surface area contributed by atoms with E-state index in [1.54, 1.807) is 18.2 Å². The molecule has 4 heteroatoms. The summed E-state index contributed by atoms with van der Waals surface area (Å²) in [6, 6.07) is 5.02. The van der Waals surface area contributed by atoms with Crippen molar-refractivity contribution in [1.29, 1.82) is 0 Å². The zero-order valence-electron chi connectivity index (χ0n) is 13.2. The summed E-state index contributed by atoms with van der Waals surface area (Å²) in [5, 5.41) is 0. The van der Waals surface area contributed by atoms with E-state index in [4.69, 9.17) is 15.2 Å². The average Bonchev–Trinajstić information content (AvgIpc) is 2.50. The van der Waals surface area contributed by atoms with Crippen LogP contribution in [0.15, 0.2) is 18.2 Å². The van der Waals surface area contributed by atoms with Crippen LogP contribution in [0.1, 0.15) is 62.7 Å². The fraction of sp³-hybridized carbons (Fsp3) is 0.588. The van der Waals surface area contributed by atoms with E-state index in [0.29, 0.717) is 30.2 Å². The van der Waals surface area contributed by atoms with Crippen LogP contribution in [0.2, 0.25) is 0 Å². The van der Waals surface area contributed by atoms with Crippen LogP contribution in [0, 0.1) is 0 Å². The molecule has 118 valence electrons. The Kier molecular flexibility index (Phi) is 8.32. The molecule has 0 radical (unpaired) electrons. The van der Waals surface area contributed by atoms with E-state index >= 15 is 0 Å². The summed E-state index contributed by atoms with van der Waals surface area (Å²) < 4.78 is 10.8. The van der Waals surface area contributed by atoms with E-state index in [1.165, 1.54) is 19.3 Å². The quantitative estimate of drug-likeness (QED) is 0.399. The normalized spacial score (nSPS) is 10.4. The number of nitrogen functional groups attached to an aromatic ring is 1. The summed E-state index contributed by atoms with van der Waals surface area (Å²) in [5.41, 5.74) is 6.91. The fourth-order valence-electron chi connectivity index (χ4n) is 1.95. The van der Waals surface area contributed by atoms with Crippen molar-refractivity contribution in [2.24, 2.45) is 0 Å². The molecule has 0 atom stereocenters. The summed E-state index contributed by atoms with van der Waals surface area (Å²) in [6.07, 6.45) is 6.70. The number of carbonyl (C=O) groups excluding carboxylic acids is 1. The van der Waals surface area contributed by atoms with Gasteiger partial charge in [-0.25, -0.2) is 4.79 Å². The van der Waals surface area contributed by atoms with E-state index in [0.717, 1.165) is 19.3 Å². The molecule has 0 unspecified atom stereocenters. The van der Waals surface area contributed by atoms with E-state index in [1.807, 2.05) is 6.92 Å². The van der Waals surface area contributed by atoms with Crippen molar-refractivity contribution in [3.05, 3.63) is 23.8 Å². The van der Waals surface area contributed by atoms with Crippen LogP contribution in [0.25, 0.3) is 0 Å². The second-order valence-electron chi connectivity index (χ2n) is 5.15. The van der Waals surface area contributed by atoms with Crippen molar-refractivity contribution >= 4 is 11.7 Å². The predicted molar refractivity (Wildman–Crippen MR) is 85.7 cm³/mol. The van der Waals surface area contributed by atoms with Crippen LogP contribution in [-0.4, -0.2) is 19.2 Å². The number of carbonyl (C=O) groups is 1. The van der Waals surface area contributed by atoms with Gasteiger partial charge in [0.1, 0.15) is 5.75 Å². The minimum atomic E-state index is -0.329. The molecule has 0 amide bonds. The maximum absolute atomic E-state index is 11.8. The van der Waals surface area contributed by atoms with E-state index in [9.17, 15) is 4.79 Å². The molecule has 1 aromatic rings. The topological polar surface area (TPSA) is 61.5 Å². The largest absolute Gasteiger partial charge is 0.491 e. The number of ether oxygens (including phenoxy) is 2. The first-order valence-electron chi connectivity index (χ1n) is 7.88. The van der Waals surface area contributed by atoms with Gasteiger partial charge in [0, 0.05) is 0 Å². The lowest BCUT2D eigenvalue weighted by atomic mass is 10.1. The van der Waals surface area contributed by atoms with Gasteiger partial charge in [0.05, 0.1) is 24.5 Å². The van der Waals surface area contributed by atoms with Gasteiger partial charge in [-0.3, -0.25) is 0 Å². The summed E-state index contributed by atoms with van der Waals surface area (Å²) in [4.78, 5) is 11.8. The Bertz CT molecular complexity index is 432. The number of esters is 1. The number of benzene rings is 1. The molecule has 0 saturated heterocycles. The molecule has 1 aromatic carbocycles. The highest BCUT2D eigenvalue weighted by atomic mass is 16.5. The minimum Gasteiger partial charge on any atom is -0.491 e. The molecule has 0 heterocycles. The molecule has 0 fully saturated rings. The van der Waals surface area contributed by atoms with Crippen molar-refractivity contribution in [2.75, 3.05) is 18.9 Å². The number of hydrogen-bond donors (Lipinski definition) is 1. The molecule has 0 aromatic heterocycles. The Hall–Kier alpha value is -1.71. The lowest BCUT2D eigenvalue weighted by molar-refractivity contribution is 0.0504. The second-order valence-corrected chi connectivity index (χ2v) is 5.15. The monoisotopic (exact) mass is 293 g/mol. The fourth-order valence-corrected chi connectivity index (χ4v) is 1.95. The Morgan fingerprint density at radius 2 is 1.81 bits per heavy atom. The third kappa shape index (κ3) is 6.52. The highest BCUT2D eigenvalue weighted by Gasteiger charge is 2.10. The van der Waals surface area contributed by atoms with Gasteiger partial charge in [0.15, 0.2) is 0 Å². The highest BCUT2D eigenvalue weighted by Crippen LogP contribution is 2.23. The van der Waals surface area contributed by atoms with Crippen LogP contribution >= 0.6 is 0 Å². The molecular formula is C17H27NO3. The van der Waals surface area contributed by atoms with Crippen LogP contribution in [0.3, 0.4) is 0 Å². The molecule has 4 nitrogen and oxygen atoms in total. The molecule has 0 aliphatic rings. The molecule has 2 N–H and O–H groups in total. The van der Waals surface area contributed by atoms with Crippen molar-refractivity contribution in [1.82, 2.24) is 0 Å². The van der Waals surface area contributed by atoms with Gasteiger partial charge in [0.25, 0.3) is 0 Å². The molecule has 21 heavy (non-hydrogen) atoms. The Labute approximate surface area is 127 Å². The van der Waals surface area contributed by atoms with E-state index < -0.39 is 0 Å². The maximum atomic E-state index is 11.8. The Morgan fingerprint density at radius 3 is 2.52 bits per heavy atom. The molecular weight excluding hydrogens is 266 g/mol. The predicted octanol–water partition coefficient (Wildman–Crippen LogP) is 4.18. The van der Waals surface area contributed by atoms with Crippen molar-refractivity contribution in [2.45, 2.75) is 52.4 Å². The van der Waals surface area contributed by atoms with E-state index in [2.05, 4.69) is 6.92 Å². The Balaban J connectivity index is 2.47.